The molecule has 1 saturated heterocycles. The molecule has 0 saturated carbocycles. The van der Waals surface area contributed by atoms with E-state index in [0.717, 1.165) is 18.8 Å². The summed E-state index contributed by atoms with van der Waals surface area (Å²) in [5, 5.41) is 11.5. The Labute approximate surface area is 197 Å². The number of methoxy groups -OCH3 is 1. The zero-order chi connectivity index (χ0) is 23.0. The lowest BCUT2D eigenvalue weighted by Crippen LogP contribution is -2.29. The highest BCUT2D eigenvalue weighted by atomic mass is 32.2. The maximum atomic E-state index is 12.4. The first kappa shape index (κ1) is 22.8. The van der Waals surface area contributed by atoms with Gasteiger partial charge in [0.2, 0.25) is 11.1 Å². The molecule has 1 aliphatic heterocycles. The molecular weight excluding hydrogens is 440 g/mol. The van der Waals surface area contributed by atoms with E-state index < -0.39 is 0 Å². The molecule has 0 radical (unpaired) electrons. The number of hydrogen-bond donors (Lipinski definition) is 2. The van der Waals surface area contributed by atoms with E-state index in [1.54, 1.807) is 13.2 Å². The summed E-state index contributed by atoms with van der Waals surface area (Å²) in [5.74, 6) is 7.90. The first-order valence-corrected chi connectivity index (χ1v) is 11.8. The number of aromatic nitrogens is 3. The molecule has 0 bridgehead atoms. The van der Waals surface area contributed by atoms with Crippen LogP contribution < -0.4 is 25.5 Å². The highest BCUT2D eigenvalue weighted by Crippen LogP contribution is 2.23. The van der Waals surface area contributed by atoms with Crippen molar-refractivity contribution in [2.75, 3.05) is 42.0 Å². The second-order valence-corrected chi connectivity index (χ2v) is 8.61. The number of carbonyl (C=O) groups is 1. The van der Waals surface area contributed by atoms with Crippen molar-refractivity contribution < 1.29 is 14.3 Å². The molecule has 4 rings (SSSR count). The van der Waals surface area contributed by atoms with Gasteiger partial charge in [-0.3, -0.25) is 4.79 Å². The van der Waals surface area contributed by atoms with Gasteiger partial charge in [0.1, 0.15) is 18.1 Å². The number of amides is 1. The maximum Gasteiger partial charge on any atom is 0.234 e. The van der Waals surface area contributed by atoms with Crippen LogP contribution in [0.4, 0.5) is 11.4 Å². The minimum Gasteiger partial charge on any atom is -0.497 e. The molecule has 0 atom stereocenters. The van der Waals surface area contributed by atoms with Crippen molar-refractivity contribution in [1.29, 1.82) is 0 Å². The molecule has 1 aliphatic rings. The molecule has 33 heavy (non-hydrogen) atoms. The summed E-state index contributed by atoms with van der Waals surface area (Å²) in [6.07, 6.45) is 3.77. The number of nitrogens with zero attached hydrogens (tertiary/aromatic N) is 4. The summed E-state index contributed by atoms with van der Waals surface area (Å²) in [5.41, 5.74) is 1.96. The Morgan fingerprint density at radius 2 is 1.85 bits per heavy atom. The zero-order valence-electron chi connectivity index (χ0n) is 18.6. The van der Waals surface area contributed by atoms with Crippen LogP contribution in [0, 0.1) is 0 Å². The average molecular weight is 469 g/mol. The fourth-order valence-electron chi connectivity index (χ4n) is 3.58. The lowest BCUT2D eigenvalue weighted by atomic mass is 10.1. The number of hydrogen-bond acceptors (Lipinski definition) is 8. The molecule has 0 spiro atoms. The van der Waals surface area contributed by atoms with Gasteiger partial charge in [0.25, 0.3) is 0 Å². The van der Waals surface area contributed by atoms with Crippen molar-refractivity contribution in [2.45, 2.75) is 31.0 Å². The molecule has 1 aromatic heterocycles. The molecule has 1 amide bonds. The van der Waals surface area contributed by atoms with Crippen LogP contribution in [-0.4, -0.2) is 46.7 Å². The first-order valence-electron chi connectivity index (χ1n) is 10.9. The van der Waals surface area contributed by atoms with Gasteiger partial charge in [-0.25, -0.2) is 4.68 Å². The lowest BCUT2D eigenvalue weighted by Gasteiger charge is -2.28. The summed E-state index contributed by atoms with van der Waals surface area (Å²) < 4.78 is 12.2. The van der Waals surface area contributed by atoms with E-state index in [4.69, 9.17) is 15.3 Å². The van der Waals surface area contributed by atoms with Crippen LogP contribution in [-0.2, 0) is 11.4 Å². The maximum absolute atomic E-state index is 12.4. The molecular formula is C23H28N6O3S. The fourth-order valence-corrected chi connectivity index (χ4v) is 4.25. The van der Waals surface area contributed by atoms with Gasteiger partial charge >= 0.3 is 0 Å². The standard InChI is InChI=1S/C23H28N6O3S/c1-31-19-6-5-7-20(14-19)32-15-21-26-27-23(29(21)24)33-16-22(30)25-17-8-10-18(11-9-17)28-12-3-2-4-13-28/h5-11,14H,2-4,12-13,15-16,24H2,1H3,(H,25,30). The molecule has 1 fully saturated rings. The highest BCUT2D eigenvalue weighted by Gasteiger charge is 2.14. The van der Waals surface area contributed by atoms with Gasteiger partial charge in [-0.15, -0.1) is 10.2 Å². The van der Waals surface area contributed by atoms with Crippen molar-refractivity contribution in [1.82, 2.24) is 14.9 Å². The average Bonchev–Trinajstić information content (AvgIpc) is 3.21. The summed E-state index contributed by atoms with van der Waals surface area (Å²) in [4.78, 5) is 14.8. The third-order valence-corrected chi connectivity index (χ3v) is 6.29. The van der Waals surface area contributed by atoms with E-state index in [-0.39, 0.29) is 18.3 Å². The third-order valence-electron chi connectivity index (χ3n) is 5.35. The van der Waals surface area contributed by atoms with E-state index in [1.807, 2.05) is 30.3 Å². The first-order chi connectivity index (χ1) is 16.1. The molecule has 3 N–H and O–H groups in total. The second kappa shape index (κ2) is 11.0. The summed E-state index contributed by atoms with van der Waals surface area (Å²) in [6.45, 7) is 2.33. The van der Waals surface area contributed by atoms with Crippen molar-refractivity contribution in [2.24, 2.45) is 0 Å². The van der Waals surface area contributed by atoms with Crippen LogP contribution in [0.25, 0.3) is 0 Å². The van der Waals surface area contributed by atoms with Gasteiger partial charge < -0.3 is 25.5 Å². The van der Waals surface area contributed by atoms with Gasteiger partial charge in [-0.05, 0) is 55.7 Å². The number of rotatable bonds is 9. The van der Waals surface area contributed by atoms with Crippen molar-refractivity contribution in [3.63, 3.8) is 0 Å². The number of nitrogens with two attached hydrogens (primary N) is 1. The number of nitrogens with one attached hydrogen (secondary N) is 1. The van der Waals surface area contributed by atoms with Crippen LogP contribution in [0.15, 0.2) is 53.7 Å². The van der Waals surface area contributed by atoms with E-state index in [2.05, 4.69) is 32.5 Å². The number of anilines is 2. The number of nitrogen functional groups attached to an aromatic ring is 1. The molecule has 2 aromatic carbocycles. The Bertz CT molecular complexity index is 1070. The zero-order valence-corrected chi connectivity index (χ0v) is 19.4. The highest BCUT2D eigenvalue weighted by molar-refractivity contribution is 7.99. The Morgan fingerprint density at radius 3 is 2.61 bits per heavy atom. The summed E-state index contributed by atoms with van der Waals surface area (Å²) >= 11 is 1.22. The predicted octanol–water partition coefficient (Wildman–Crippen LogP) is 3.30. The van der Waals surface area contributed by atoms with E-state index in [9.17, 15) is 4.79 Å². The normalized spacial score (nSPS) is 13.5. The van der Waals surface area contributed by atoms with Crippen LogP contribution >= 0.6 is 11.8 Å². The van der Waals surface area contributed by atoms with Crippen LogP contribution in [0.2, 0.25) is 0 Å². The second-order valence-electron chi connectivity index (χ2n) is 7.67. The molecule has 10 heteroatoms. The minimum atomic E-state index is -0.136. The molecule has 0 unspecified atom stereocenters. The molecule has 0 aliphatic carbocycles. The largest absolute Gasteiger partial charge is 0.497 e. The fraction of sp³-hybridized carbons (Fsp3) is 0.348. The Hall–Kier alpha value is -3.40. The summed E-state index contributed by atoms with van der Waals surface area (Å²) in [6, 6.07) is 15.2. The SMILES string of the molecule is COc1cccc(OCc2nnc(SCC(=O)Nc3ccc(N4CCCCC4)cc3)n2N)c1. The van der Waals surface area contributed by atoms with Gasteiger partial charge in [-0.1, -0.05) is 17.8 Å². The molecule has 2 heterocycles. The topological polar surface area (TPSA) is 108 Å². The van der Waals surface area contributed by atoms with Crippen molar-refractivity contribution >= 4 is 29.0 Å². The van der Waals surface area contributed by atoms with Gasteiger partial charge in [0, 0.05) is 30.5 Å². The van der Waals surface area contributed by atoms with E-state index in [0.29, 0.717) is 22.5 Å². The summed E-state index contributed by atoms with van der Waals surface area (Å²) in [7, 11) is 1.60. The monoisotopic (exact) mass is 468 g/mol. The van der Waals surface area contributed by atoms with Gasteiger partial charge in [0.15, 0.2) is 5.82 Å². The third kappa shape index (κ3) is 6.10. The van der Waals surface area contributed by atoms with Crippen LogP contribution in [0.3, 0.4) is 0 Å². The van der Waals surface area contributed by atoms with Crippen molar-refractivity contribution in [3.8, 4) is 11.5 Å². The Morgan fingerprint density at radius 1 is 1.09 bits per heavy atom. The Kier molecular flexibility index (Phi) is 7.56. The number of carbonyl (C=O) groups excluding carboxylic acids is 1. The van der Waals surface area contributed by atoms with Crippen LogP contribution in [0.5, 0.6) is 11.5 Å². The molecule has 9 nitrogen and oxygen atoms in total. The molecule has 174 valence electrons. The molecule has 3 aromatic rings. The lowest BCUT2D eigenvalue weighted by molar-refractivity contribution is -0.113. The van der Waals surface area contributed by atoms with E-state index in [1.165, 1.54) is 41.4 Å². The number of piperidine rings is 1. The number of thioether (sulfide) groups is 1. The van der Waals surface area contributed by atoms with Crippen molar-refractivity contribution in [3.05, 3.63) is 54.4 Å². The predicted molar refractivity (Wildman–Crippen MR) is 129 cm³/mol. The number of benzene rings is 2. The minimum absolute atomic E-state index is 0.136. The van der Waals surface area contributed by atoms with Gasteiger partial charge in [0.05, 0.1) is 12.9 Å². The van der Waals surface area contributed by atoms with Crippen LogP contribution in [0.1, 0.15) is 25.1 Å². The van der Waals surface area contributed by atoms with E-state index >= 15 is 0 Å². The smallest absolute Gasteiger partial charge is 0.234 e. The number of ether oxygens (including phenoxy) is 2. The quantitative estimate of drug-likeness (QED) is 0.364. The van der Waals surface area contributed by atoms with Gasteiger partial charge in [-0.2, -0.15) is 0 Å². The Balaban J connectivity index is 1.25.